The zero-order valence-electron chi connectivity index (χ0n) is 19.8. The molecule has 0 saturated heterocycles. The van der Waals surface area contributed by atoms with Gasteiger partial charge < -0.3 is 19.1 Å². The van der Waals surface area contributed by atoms with Gasteiger partial charge in [0.1, 0.15) is 29.8 Å². The van der Waals surface area contributed by atoms with Gasteiger partial charge in [-0.1, -0.05) is 59.8 Å². The number of anilines is 1. The monoisotopic (exact) mass is 484 g/mol. The molecule has 0 fully saturated rings. The van der Waals surface area contributed by atoms with Gasteiger partial charge in [-0.2, -0.15) is 0 Å². The summed E-state index contributed by atoms with van der Waals surface area (Å²) in [5, 5.41) is 16.0. The van der Waals surface area contributed by atoms with Crippen LogP contribution in [0.2, 0.25) is 0 Å². The van der Waals surface area contributed by atoms with E-state index in [1.807, 2.05) is 66.7 Å². The lowest BCUT2D eigenvalue weighted by atomic mass is 9.93. The van der Waals surface area contributed by atoms with Crippen LogP contribution in [0.1, 0.15) is 35.5 Å². The fourth-order valence-corrected chi connectivity index (χ4v) is 4.28. The molecule has 4 aromatic rings. The summed E-state index contributed by atoms with van der Waals surface area (Å²) < 4.78 is 16.9. The molecule has 1 atom stereocenters. The number of aliphatic carboxylic acids is 1. The average Bonchev–Trinajstić information content (AvgIpc) is 3.23. The Morgan fingerprint density at radius 3 is 2.64 bits per heavy atom. The lowest BCUT2D eigenvalue weighted by Crippen LogP contribution is -2.16. The molecule has 182 valence electrons. The van der Waals surface area contributed by atoms with Gasteiger partial charge in [0, 0.05) is 11.1 Å². The molecule has 36 heavy (non-hydrogen) atoms. The van der Waals surface area contributed by atoms with E-state index in [1.165, 1.54) is 0 Å². The van der Waals surface area contributed by atoms with Crippen LogP contribution < -0.4 is 10.1 Å². The van der Waals surface area contributed by atoms with Crippen molar-refractivity contribution in [3.63, 3.8) is 0 Å². The third kappa shape index (κ3) is 4.65. The fourth-order valence-electron chi connectivity index (χ4n) is 4.28. The largest absolute Gasteiger partial charge is 0.488 e. The van der Waals surface area contributed by atoms with Crippen molar-refractivity contribution < 1.29 is 28.7 Å². The predicted molar refractivity (Wildman–Crippen MR) is 133 cm³/mol. The molecule has 0 spiro atoms. The Balaban J connectivity index is 1.38. The van der Waals surface area contributed by atoms with Gasteiger partial charge in [0.25, 0.3) is 0 Å². The van der Waals surface area contributed by atoms with Gasteiger partial charge in [-0.3, -0.25) is 10.1 Å². The van der Waals surface area contributed by atoms with Crippen molar-refractivity contribution in [1.29, 1.82) is 0 Å². The van der Waals surface area contributed by atoms with Gasteiger partial charge in [0.05, 0.1) is 6.42 Å². The first-order valence-electron chi connectivity index (χ1n) is 11.5. The first-order valence-corrected chi connectivity index (χ1v) is 11.5. The van der Waals surface area contributed by atoms with Crippen molar-refractivity contribution in [1.82, 2.24) is 5.16 Å². The Bertz CT molecular complexity index is 1440. The molecule has 0 saturated carbocycles. The van der Waals surface area contributed by atoms with Crippen LogP contribution in [0.3, 0.4) is 0 Å². The number of hydrogen-bond acceptors (Lipinski definition) is 6. The van der Waals surface area contributed by atoms with Crippen molar-refractivity contribution in [3.05, 3.63) is 89.2 Å². The first-order chi connectivity index (χ1) is 17.4. The number of nitrogens with zero attached hydrogens (tertiary/aromatic N) is 1. The summed E-state index contributed by atoms with van der Waals surface area (Å²) in [5.41, 5.74) is 6.04. The maximum atomic E-state index is 12.6. The summed E-state index contributed by atoms with van der Waals surface area (Å²) in [6.07, 6.45) is -1.07. The van der Waals surface area contributed by atoms with Crippen LogP contribution in [-0.4, -0.2) is 22.3 Å². The number of fused-ring (bicyclic) bond motifs is 3. The number of aromatic nitrogens is 1. The molecule has 3 aromatic carbocycles. The minimum absolute atomic E-state index is 0.0348. The van der Waals surface area contributed by atoms with Gasteiger partial charge in [-0.15, -0.1) is 0 Å². The minimum atomic E-state index is -0.873. The van der Waals surface area contributed by atoms with Crippen LogP contribution in [0.15, 0.2) is 71.3 Å². The highest BCUT2D eigenvalue weighted by molar-refractivity contribution is 5.92. The number of aryl methyl sites for hydroxylation is 1. The quantitative estimate of drug-likeness (QED) is 0.338. The summed E-state index contributed by atoms with van der Waals surface area (Å²) in [6, 6.07) is 20.7. The lowest BCUT2D eigenvalue weighted by molar-refractivity contribution is -0.136. The highest BCUT2D eigenvalue weighted by Gasteiger charge is 2.23. The fraction of sp³-hybridized carbons (Fsp3) is 0.179. The molecule has 2 N–H and O–H groups in total. The Morgan fingerprint density at radius 1 is 1.08 bits per heavy atom. The van der Waals surface area contributed by atoms with Crippen LogP contribution in [0.5, 0.6) is 5.75 Å². The second-order valence-electron chi connectivity index (χ2n) is 8.61. The molecular formula is C28H24N2O6. The summed E-state index contributed by atoms with van der Waals surface area (Å²) in [4.78, 5) is 23.7. The van der Waals surface area contributed by atoms with Crippen LogP contribution >= 0.6 is 0 Å². The van der Waals surface area contributed by atoms with E-state index >= 15 is 0 Å². The van der Waals surface area contributed by atoms with Crippen LogP contribution in [0.4, 0.5) is 10.5 Å². The maximum Gasteiger partial charge on any atom is 0.412 e. The zero-order valence-corrected chi connectivity index (χ0v) is 19.8. The zero-order chi connectivity index (χ0) is 25.2. The Labute approximate surface area is 207 Å². The predicted octanol–water partition coefficient (Wildman–Crippen LogP) is 6.15. The van der Waals surface area contributed by atoms with Crippen LogP contribution in [0, 0.1) is 6.92 Å². The second kappa shape index (κ2) is 9.58. The highest BCUT2D eigenvalue weighted by Crippen LogP contribution is 2.41. The second-order valence-corrected chi connectivity index (χ2v) is 8.61. The number of nitrogens with one attached hydrogen (secondary N) is 1. The molecule has 1 unspecified atom stereocenters. The summed E-state index contributed by atoms with van der Waals surface area (Å²) in [5.74, 6) is 0.240. The summed E-state index contributed by atoms with van der Waals surface area (Å²) in [7, 11) is 0. The van der Waals surface area contributed by atoms with Crippen LogP contribution in [-0.2, 0) is 22.6 Å². The van der Waals surface area contributed by atoms with E-state index in [2.05, 4.69) is 10.5 Å². The Kier molecular flexibility index (Phi) is 6.16. The van der Waals surface area contributed by atoms with Crippen molar-refractivity contribution in [2.75, 3.05) is 5.32 Å². The van der Waals surface area contributed by atoms with E-state index in [-0.39, 0.29) is 6.42 Å². The first kappa shape index (κ1) is 23.2. The van der Waals surface area contributed by atoms with Gasteiger partial charge >= 0.3 is 12.1 Å². The number of carbonyl (C=O) groups excluding carboxylic acids is 1. The summed E-state index contributed by atoms with van der Waals surface area (Å²) >= 11 is 0. The number of hydrogen-bond donors (Lipinski definition) is 2. The number of carbonyl (C=O) groups is 2. The van der Waals surface area contributed by atoms with E-state index in [1.54, 1.807) is 13.8 Å². The standard InChI is InChI=1S/C28H24N2O6/c1-16(19-6-4-3-5-7-19)35-28(33)29-26-17(2)36-30-27(26)20-9-11-23-22-10-8-18(13-25(31)32)12-21(22)15-34-24(23)14-20/h3-12,14,16H,13,15H2,1-2H3,(H,29,33)(H,31,32). The molecule has 5 rings (SSSR count). The van der Waals surface area contributed by atoms with Crippen molar-refractivity contribution in [3.8, 4) is 28.1 Å². The van der Waals surface area contributed by atoms with E-state index in [4.69, 9.17) is 19.1 Å². The molecule has 1 aromatic heterocycles. The number of carboxylic acids is 1. The third-order valence-electron chi connectivity index (χ3n) is 6.10. The molecule has 1 aliphatic rings. The van der Waals surface area contributed by atoms with Gasteiger partial charge in [-0.25, -0.2) is 4.79 Å². The van der Waals surface area contributed by atoms with E-state index in [0.29, 0.717) is 35.1 Å². The highest BCUT2D eigenvalue weighted by atomic mass is 16.6. The Morgan fingerprint density at radius 2 is 1.86 bits per heavy atom. The van der Waals surface area contributed by atoms with Crippen molar-refractivity contribution in [2.45, 2.75) is 33.0 Å². The molecule has 0 radical (unpaired) electrons. The number of rotatable bonds is 6. The van der Waals surface area contributed by atoms with Gasteiger partial charge in [-0.05, 0) is 48.2 Å². The lowest BCUT2D eigenvalue weighted by Gasteiger charge is -2.22. The van der Waals surface area contributed by atoms with Crippen LogP contribution in [0.25, 0.3) is 22.4 Å². The van der Waals surface area contributed by atoms with E-state index < -0.39 is 18.2 Å². The van der Waals surface area contributed by atoms with Gasteiger partial charge in [0.2, 0.25) is 0 Å². The maximum absolute atomic E-state index is 12.6. The molecule has 1 aliphatic heterocycles. The number of carboxylic acid groups (broad SMARTS) is 1. The molecule has 0 bridgehead atoms. The normalized spacial score (nSPS) is 12.6. The summed E-state index contributed by atoms with van der Waals surface area (Å²) in [6.45, 7) is 3.85. The van der Waals surface area contributed by atoms with Gasteiger partial charge in [0.15, 0.2) is 5.76 Å². The topological polar surface area (TPSA) is 111 Å². The molecule has 1 amide bonds. The number of benzene rings is 3. The van der Waals surface area contributed by atoms with E-state index in [9.17, 15) is 9.59 Å². The van der Waals surface area contributed by atoms with Crippen molar-refractivity contribution >= 4 is 17.7 Å². The Hall–Kier alpha value is -4.59. The molecule has 8 heteroatoms. The smallest absolute Gasteiger partial charge is 0.412 e. The molecule has 8 nitrogen and oxygen atoms in total. The average molecular weight is 485 g/mol. The molecule has 2 heterocycles. The number of amides is 1. The van der Waals surface area contributed by atoms with E-state index in [0.717, 1.165) is 27.8 Å². The molecular weight excluding hydrogens is 460 g/mol. The SMILES string of the molecule is Cc1onc(-c2ccc3c(c2)OCc2cc(CC(=O)O)ccc2-3)c1NC(=O)OC(C)c1ccccc1. The molecule has 0 aliphatic carbocycles. The van der Waals surface area contributed by atoms with Crippen molar-refractivity contribution in [2.24, 2.45) is 0 Å². The number of ether oxygens (including phenoxy) is 2. The minimum Gasteiger partial charge on any atom is -0.488 e. The third-order valence-corrected chi connectivity index (χ3v) is 6.10.